The summed E-state index contributed by atoms with van der Waals surface area (Å²) < 4.78 is 26.4. The molecule has 0 unspecified atom stereocenters. The number of carbonyl (C=O) groups excluding carboxylic acids is 3. The summed E-state index contributed by atoms with van der Waals surface area (Å²) in [4.78, 5) is 33.7. The van der Waals surface area contributed by atoms with Crippen LogP contribution in [0, 0.1) is 0 Å². The number of allylic oxidation sites excluding steroid dienone is 5. The van der Waals surface area contributed by atoms with Crippen LogP contribution in [0.2, 0.25) is 0 Å². The maximum atomic E-state index is 12.4. The maximum absolute atomic E-state index is 12.4. The molecule has 0 spiro atoms. The van der Waals surface area contributed by atoms with Crippen molar-refractivity contribution in [2.75, 3.05) is 27.4 Å². The number of ether oxygens (including phenoxy) is 5. The molecule has 2 aromatic carbocycles. The van der Waals surface area contributed by atoms with Crippen LogP contribution in [-0.2, 0) is 23.8 Å². The van der Waals surface area contributed by atoms with Gasteiger partial charge in [0.15, 0.2) is 0 Å². The van der Waals surface area contributed by atoms with E-state index >= 15 is 0 Å². The zero-order valence-corrected chi connectivity index (χ0v) is 24.6. The first-order valence-electron chi connectivity index (χ1n) is 13.4. The Balaban J connectivity index is 0.000000428. The molecule has 222 valence electrons. The molecule has 0 amide bonds. The molecule has 3 rings (SSSR count). The van der Waals surface area contributed by atoms with Crippen LogP contribution in [0.15, 0.2) is 102 Å². The quantitative estimate of drug-likeness (QED) is 0.112. The van der Waals surface area contributed by atoms with Crippen molar-refractivity contribution in [1.29, 1.82) is 0 Å². The third-order valence-electron chi connectivity index (χ3n) is 5.70. The van der Waals surface area contributed by atoms with Crippen LogP contribution >= 0.6 is 0 Å². The first kappa shape index (κ1) is 33.4. The standard InChI is InChI=1S/C24H28O6.C10H10O2/c1-17(2)23(25)29-14-6-5-13-28-20-9-7-19(8-10-20)24(26)30-22-12-11-21(27-4)15-18(3)16-22;1-12-10-6-4-9(5-7-10)3-2-8-11/h7-12,15H,1,5-6,13-14,16H2,2-4H3;2-8H,1H3/b;3-2+. The van der Waals surface area contributed by atoms with Gasteiger partial charge in [-0.3, -0.25) is 4.79 Å². The monoisotopic (exact) mass is 574 g/mol. The molecule has 8 nitrogen and oxygen atoms in total. The zero-order chi connectivity index (χ0) is 30.7. The van der Waals surface area contributed by atoms with Gasteiger partial charge in [0.25, 0.3) is 0 Å². The summed E-state index contributed by atoms with van der Waals surface area (Å²) in [6.45, 7) is 7.93. The third kappa shape index (κ3) is 12.6. The molecular formula is C34H38O8. The SMILES string of the molecule is C=C(C)C(=O)OCCCCOc1ccc(C(=O)OC2=CC=C(OC)C=C(C)C2)cc1.COc1ccc(/C=C/C=O)cc1. The van der Waals surface area contributed by atoms with Crippen molar-refractivity contribution in [3.8, 4) is 11.5 Å². The second-order valence-electron chi connectivity index (χ2n) is 9.23. The molecule has 0 atom stereocenters. The lowest BCUT2D eigenvalue weighted by atomic mass is 10.2. The lowest BCUT2D eigenvalue weighted by Gasteiger charge is -2.09. The minimum atomic E-state index is -0.422. The van der Waals surface area contributed by atoms with Gasteiger partial charge in [0.05, 0.1) is 33.0 Å². The molecule has 0 radical (unpaired) electrons. The molecule has 0 saturated carbocycles. The highest BCUT2D eigenvalue weighted by Gasteiger charge is 2.13. The van der Waals surface area contributed by atoms with Crippen LogP contribution in [0.4, 0.5) is 0 Å². The highest BCUT2D eigenvalue weighted by atomic mass is 16.5. The number of esters is 2. The molecular weight excluding hydrogens is 536 g/mol. The topological polar surface area (TPSA) is 97.4 Å². The van der Waals surface area contributed by atoms with Crippen LogP contribution in [0.25, 0.3) is 6.08 Å². The smallest absolute Gasteiger partial charge is 0.343 e. The van der Waals surface area contributed by atoms with Gasteiger partial charge in [-0.05, 0) is 93.0 Å². The molecule has 0 N–H and O–H groups in total. The van der Waals surface area contributed by atoms with E-state index in [0.29, 0.717) is 54.5 Å². The van der Waals surface area contributed by atoms with Crippen molar-refractivity contribution in [1.82, 2.24) is 0 Å². The predicted molar refractivity (Wildman–Crippen MR) is 162 cm³/mol. The molecule has 0 fully saturated rings. The third-order valence-corrected chi connectivity index (χ3v) is 5.70. The van der Waals surface area contributed by atoms with Gasteiger partial charge in [-0.2, -0.15) is 0 Å². The predicted octanol–water partition coefficient (Wildman–Crippen LogP) is 6.79. The number of aldehydes is 1. The van der Waals surface area contributed by atoms with E-state index in [9.17, 15) is 14.4 Å². The van der Waals surface area contributed by atoms with Gasteiger partial charge < -0.3 is 23.7 Å². The minimum Gasteiger partial charge on any atom is -0.497 e. The van der Waals surface area contributed by atoms with E-state index in [2.05, 4.69) is 6.58 Å². The lowest BCUT2D eigenvalue weighted by molar-refractivity contribution is -0.139. The summed E-state index contributed by atoms with van der Waals surface area (Å²) in [6.07, 6.45) is 11.4. The normalized spacial score (nSPS) is 12.3. The molecule has 1 aliphatic rings. The van der Waals surface area contributed by atoms with E-state index in [0.717, 1.165) is 29.6 Å². The van der Waals surface area contributed by atoms with E-state index < -0.39 is 5.97 Å². The van der Waals surface area contributed by atoms with Gasteiger partial charge in [0.1, 0.15) is 29.3 Å². The summed E-state index contributed by atoms with van der Waals surface area (Å²) >= 11 is 0. The summed E-state index contributed by atoms with van der Waals surface area (Å²) in [5, 5.41) is 0. The largest absolute Gasteiger partial charge is 0.497 e. The van der Waals surface area contributed by atoms with Crippen molar-refractivity contribution in [3.05, 3.63) is 113 Å². The second kappa shape index (κ2) is 18.5. The Kier molecular flexibility index (Phi) is 14.7. The molecule has 0 heterocycles. The number of carbonyl (C=O) groups is 3. The zero-order valence-electron chi connectivity index (χ0n) is 24.6. The van der Waals surface area contributed by atoms with Crippen molar-refractivity contribution in [2.24, 2.45) is 0 Å². The van der Waals surface area contributed by atoms with Crippen molar-refractivity contribution < 1.29 is 38.1 Å². The average Bonchev–Trinajstić information content (AvgIpc) is 3.18. The fourth-order valence-corrected chi connectivity index (χ4v) is 3.46. The van der Waals surface area contributed by atoms with Crippen LogP contribution < -0.4 is 9.47 Å². The lowest BCUT2D eigenvalue weighted by Crippen LogP contribution is -2.07. The van der Waals surface area contributed by atoms with Gasteiger partial charge in [0, 0.05) is 12.0 Å². The van der Waals surface area contributed by atoms with Crippen LogP contribution in [0.5, 0.6) is 11.5 Å². The summed E-state index contributed by atoms with van der Waals surface area (Å²) in [7, 11) is 3.22. The molecule has 0 aliphatic heterocycles. The summed E-state index contributed by atoms with van der Waals surface area (Å²) in [5.74, 6) is 1.96. The van der Waals surface area contributed by atoms with E-state index in [1.165, 1.54) is 6.08 Å². The molecule has 8 heteroatoms. The second-order valence-corrected chi connectivity index (χ2v) is 9.23. The minimum absolute atomic E-state index is 0.339. The van der Waals surface area contributed by atoms with Gasteiger partial charge in [-0.25, -0.2) is 9.59 Å². The number of hydrogen-bond acceptors (Lipinski definition) is 8. The highest BCUT2D eigenvalue weighted by Crippen LogP contribution is 2.21. The van der Waals surface area contributed by atoms with E-state index in [1.54, 1.807) is 63.6 Å². The number of hydrogen-bond donors (Lipinski definition) is 0. The van der Waals surface area contributed by atoms with Gasteiger partial charge in [-0.15, -0.1) is 0 Å². The Morgan fingerprint density at radius 1 is 0.905 bits per heavy atom. The van der Waals surface area contributed by atoms with Gasteiger partial charge >= 0.3 is 11.9 Å². The number of methoxy groups -OCH3 is 2. The Morgan fingerprint density at radius 2 is 1.57 bits per heavy atom. The first-order valence-corrected chi connectivity index (χ1v) is 13.4. The number of rotatable bonds is 13. The van der Waals surface area contributed by atoms with Crippen molar-refractivity contribution in [2.45, 2.75) is 33.1 Å². The van der Waals surface area contributed by atoms with Gasteiger partial charge in [0.2, 0.25) is 0 Å². The molecule has 0 aromatic heterocycles. The van der Waals surface area contributed by atoms with Crippen LogP contribution in [-0.4, -0.2) is 45.7 Å². The van der Waals surface area contributed by atoms with E-state index in [-0.39, 0.29) is 5.97 Å². The van der Waals surface area contributed by atoms with Gasteiger partial charge in [-0.1, -0.05) is 30.4 Å². The molecule has 42 heavy (non-hydrogen) atoms. The first-order chi connectivity index (χ1) is 20.2. The Hall–Kier alpha value is -4.85. The molecule has 0 bridgehead atoms. The Morgan fingerprint density at radius 3 is 2.19 bits per heavy atom. The summed E-state index contributed by atoms with van der Waals surface area (Å²) in [5.41, 5.74) is 2.86. The molecule has 0 saturated heterocycles. The van der Waals surface area contributed by atoms with Crippen molar-refractivity contribution >= 4 is 24.3 Å². The van der Waals surface area contributed by atoms with Crippen LogP contribution in [0.3, 0.4) is 0 Å². The molecule has 1 aliphatic carbocycles. The Labute approximate surface area is 247 Å². The van der Waals surface area contributed by atoms with Crippen molar-refractivity contribution in [3.63, 3.8) is 0 Å². The number of benzene rings is 2. The Bertz CT molecular complexity index is 1310. The fourth-order valence-electron chi connectivity index (χ4n) is 3.46. The summed E-state index contributed by atoms with van der Waals surface area (Å²) in [6, 6.07) is 14.3. The fraction of sp³-hybridized carbons (Fsp3) is 0.265. The van der Waals surface area contributed by atoms with E-state index in [1.807, 2.05) is 37.3 Å². The highest BCUT2D eigenvalue weighted by molar-refractivity contribution is 5.90. The average molecular weight is 575 g/mol. The number of unbranched alkanes of at least 4 members (excludes halogenated alkanes) is 1. The van der Waals surface area contributed by atoms with Crippen LogP contribution in [0.1, 0.15) is 49.0 Å². The van der Waals surface area contributed by atoms with E-state index in [4.69, 9.17) is 23.7 Å². The maximum Gasteiger partial charge on any atom is 0.343 e. The molecule has 2 aromatic rings.